The van der Waals surface area contributed by atoms with Gasteiger partial charge in [-0.2, -0.15) is 4.39 Å². The van der Waals surface area contributed by atoms with Crippen molar-refractivity contribution < 1.29 is 26.7 Å². The van der Waals surface area contributed by atoms with Gasteiger partial charge in [0.05, 0.1) is 6.61 Å². The van der Waals surface area contributed by atoms with Gasteiger partial charge in [-0.15, -0.1) is 0 Å². The predicted octanol–water partition coefficient (Wildman–Crippen LogP) is 6.66. The van der Waals surface area contributed by atoms with Crippen LogP contribution in [0.5, 0.6) is 5.75 Å². The summed E-state index contributed by atoms with van der Waals surface area (Å²) in [5.74, 6) is -8.36. The predicted molar refractivity (Wildman–Crippen MR) is 94.0 cm³/mol. The number of benzene rings is 1. The standard InChI is InChI=1S/C21H27F5O/c1-3-5-12-8-15-16(9-12)21(25,26)11-13(10-17(15)22)14-6-7-18(27-4-2)20(24)19(14)23/h6-7,12-13,15-17H,3-5,8-11H2,1-2H3. The minimum atomic E-state index is -3.08. The Kier molecular flexibility index (Phi) is 6.02. The van der Waals surface area contributed by atoms with Crippen LogP contribution in [0.4, 0.5) is 22.0 Å². The molecule has 2 saturated carbocycles. The molecule has 1 nitrogen and oxygen atoms in total. The number of fused-ring (bicyclic) bond motifs is 1. The van der Waals surface area contributed by atoms with Crippen molar-refractivity contribution in [2.24, 2.45) is 17.8 Å². The molecule has 0 aliphatic heterocycles. The molecule has 0 aromatic heterocycles. The minimum Gasteiger partial charge on any atom is -0.491 e. The molecule has 0 heterocycles. The van der Waals surface area contributed by atoms with E-state index in [-0.39, 0.29) is 30.3 Å². The fourth-order valence-corrected chi connectivity index (χ4v) is 5.08. The van der Waals surface area contributed by atoms with Crippen LogP contribution in [0.1, 0.15) is 63.9 Å². The van der Waals surface area contributed by atoms with Gasteiger partial charge in [-0.1, -0.05) is 25.8 Å². The van der Waals surface area contributed by atoms with Crippen molar-refractivity contribution in [2.45, 2.75) is 70.4 Å². The molecule has 1 aromatic carbocycles. The molecule has 3 rings (SSSR count). The third-order valence-corrected chi connectivity index (χ3v) is 6.26. The lowest BCUT2D eigenvalue weighted by molar-refractivity contribution is -0.0809. The zero-order chi connectivity index (χ0) is 19.8. The van der Waals surface area contributed by atoms with Gasteiger partial charge in [-0.25, -0.2) is 17.6 Å². The van der Waals surface area contributed by atoms with Gasteiger partial charge in [0.25, 0.3) is 5.92 Å². The van der Waals surface area contributed by atoms with Crippen LogP contribution < -0.4 is 4.74 Å². The molecule has 0 bridgehead atoms. The van der Waals surface area contributed by atoms with Crippen LogP contribution in [-0.4, -0.2) is 18.7 Å². The Morgan fingerprint density at radius 3 is 2.48 bits per heavy atom. The van der Waals surface area contributed by atoms with Gasteiger partial charge in [0.2, 0.25) is 5.82 Å². The Morgan fingerprint density at radius 1 is 1.07 bits per heavy atom. The van der Waals surface area contributed by atoms with Gasteiger partial charge in [-0.3, -0.25) is 0 Å². The molecular formula is C21H27F5O. The zero-order valence-corrected chi connectivity index (χ0v) is 15.8. The van der Waals surface area contributed by atoms with E-state index in [1.807, 2.05) is 6.92 Å². The number of hydrogen-bond acceptors (Lipinski definition) is 1. The van der Waals surface area contributed by atoms with Gasteiger partial charge in [0, 0.05) is 12.3 Å². The van der Waals surface area contributed by atoms with E-state index in [0.29, 0.717) is 12.8 Å². The van der Waals surface area contributed by atoms with Crippen molar-refractivity contribution in [1.29, 1.82) is 0 Å². The molecule has 0 radical (unpaired) electrons. The highest BCUT2D eigenvalue weighted by Gasteiger charge is 2.55. The summed E-state index contributed by atoms with van der Waals surface area (Å²) in [7, 11) is 0. The first-order valence-electron chi connectivity index (χ1n) is 9.91. The summed E-state index contributed by atoms with van der Waals surface area (Å²) in [6, 6.07) is 2.50. The van der Waals surface area contributed by atoms with E-state index < -0.39 is 47.9 Å². The molecule has 5 unspecified atom stereocenters. The number of hydrogen-bond donors (Lipinski definition) is 0. The summed E-state index contributed by atoms with van der Waals surface area (Å²) in [4.78, 5) is 0. The summed E-state index contributed by atoms with van der Waals surface area (Å²) in [5, 5.41) is 0. The van der Waals surface area contributed by atoms with Crippen LogP contribution in [0, 0.1) is 29.4 Å². The van der Waals surface area contributed by atoms with Crippen molar-refractivity contribution >= 4 is 0 Å². The molecule has 5 atom stereocenters. The molecule has 0 spiro atoms. The van der Waals surface area contributed by atoms with E-state index in [1.54, 1.807) is 6.92 Å². The van der Waals surface area contributed by atoms with Crippen molar-refractivity contribution in [1.82, 2.24) is 0 Å². The third kappa shape index (κ3) is 3.95. The second kappa shape index (κ2) is 7.96. The van der Waals surface area contributed by atoms with Crippen LogP contribution in [0.15, 0.2) is 12.1 Å². The Bertz CT molecular complexity index is 662. The molecule has 6 heteroatoms. The summed E-state index contributed by atoms with van der Waals surface area (Å²) in [5.41, 5.74) is -0.177. The first-order chi connectivity index (χ1) is 12.8. The van der Waals surface area contributed by atoms with E-state index in [4.69, 9.17) is 4.74 Å². The monoisotopic (exact) mass is 390 g/mol. The Labute approximate surface area is 157 Å². The largest absolute Gasteiger partial charge is 0.491 e. The molecular weight excluding hydrogens is 363 g/mol. The molecule has 0 N–H and O–H groups in total. The van der Waals surface area contributed by atoms with Gasteiger partial charge in [0.15, 0.2) is 11.6 Å². The molecule has 0 saturated heterocycles. The molecule has 27 heavy (non-hydrogen) atoms. The Balaban J connectivity index is 1.87. The highest BCUT2D eigenvalue weighted by atomic mass is 19.3. The fraction of sp³-hybridized carbons (Fsp3) is 0.714. The normalized spacial score (nSPS) is 32.8. The van der Waals surface area contributed by atoms with Crippen molar-refractivity contribution in [3.8, 4) is 5.75 Å². The molecule has 2 aliphatic rings. The maximum atomic E-state index is 15.0. The van der Waals surface area contributed by atoms with Gasteiger partial charge >= 0.3 is 0 Å². The first-order valence-corrected chi connectivity index (χ1v) is 9.91. The second-order valence-electron chi connectivity index (χ2n) is 8.02. The third-order valence-electron chi connectivity index (χ3n) is 6.26. The van der Waals surface area contributed by atoms with E-state index in [1.165, 1.54) is 12.1 Å². The molecule has 1 aromatic rings. The highest BCUT2D eigenvalue weighted by Crippen LogP contribution is 2.55. The number of halogens is 5. The van der Waals surface area contributed by atoms with Crippen LogP contribution >= 0.6 is 0 Å². The van der Waals surface area contributed by atoms with E-state index in [0.717, 1.165) is 12.8 Å². The lowest BCUT2D eigenvalue weighted by atomic mass is 9.86. The number of alkyl halides is 3. The van der Waals surface area contributed by atoms with Crippen LogP contribution in [0.25, 0.3) is 0 Å². The average molecular weight is 390 g/mol. The minimum absolute atomic E-state index is 0.130. The van der Waals surface area contributed by atoms with Gasteiger partial charge < -0.3 is 4.74 Å². The second-order valence-corrected chi connectivity index (χ2v) is 8.02. The fourth-order valence-electron chi connectivity index (χ4n) is 5.08. The summed E-state index contributed by atoms with van der Waals surface area (Å²) >= 11 is 0. The van der Waals surface area contributed by atoms with E-state index >= 15 is 0 Å². The highest BCUT2D eigenvalue weighted by molar-refractivity contribution is 5.33. The Morgan fingerprint density at radius 2 is 1.81 bits per heavy atom. The van der Waals surface area contributed by atoms with Gasteiger partial charge in [-0.05, 0) is 55.6 Å². The van der Waals surface area contributed by atoms with Crippen LogP contribution in [0.3, 0.4) is 0 Å². The molecule has 0 amide bonds. The summed E-state index contributed by atoms with van der Waals surface area (Å²) in [6.07, 6.45) is 0.243. The maximum absolute atomic E-state index is 15.0. The topological polar surface area (TPSA) is 9.23 Å². The van der Waals surface area contributed by atoms with E-state index in [2.05, 4.69) is 0 Å². The zero-order valence-electron chi connectivity index (χ0n) is 15.8. The smallest absolute Gasteiger partial charge is 0.251 e. The van der Waals surface area contributed by atoms with Crippen molar-refractivity contribution in [2.75, 3.05) is 6.61 Å². The summed E-state index contributed by atoms with van der Waals surface area (Å²) < 4.78 is 78.6. The Hall–Kier alpha value is -1.33. The number of ether oxygens (including phenoxy) is 1. The lowest BCUT2D eigenvalue weighted by Crippen LogP contribution is -2.32. The maximum Gasteiger partial charge on any atom is 0.251 e. The SMILES string of the molecule is CCCC1CC2C(F)CC(c3ccc(OCC)c(F)c3F)CC(F)(F)C2C1. The van der Waals surface area contributed by atoms with Crippen LogP contribution in [-0.2, 0) is 0 Å². The average Bonchev–Trinajstić information content (AvgIpc) is 3.01. The van der Waals surface area contributed by atoms with Crippen LogP contribution in [0.2, 0.25) is 0 Å². The van der Waals surface area contributed by atoms with Crippen molar-refractivity contribution in [3.05, 3.63) is 29.3 Å². The molecule has 2 fully saturated rings. The molecule has 152 valence electrons. The summed E-state index contributed by atoms with van der Waals surface area (Å²) in [6.45, 7) is 3.79. The first kappa shape index (κ1) is 20.4. The molecule has 2 aliphatic carbocycles. The quantitative estimate of drug-likeness (QED) is 0.511. The van der Waals surface area contributed by atoms with E-state index in [9.17, 15) is 22.0 Å². The lowest BCUT2D eigenvalue weighted by Gasteiger charge is -2.27. The van der Waals surface area contributed by atoms with Gasteiger partial charge in [0.1, 0.15) is 6.17 Å². The van der Waals surface area contributed by atoms with Crippen molar-refractivity contribution in [3.63, 3.8) is 0 Å². The number of rotatable bonds is 5.